The number of hydrogen-bond donors (Lipinski definition) is 0. The van der Waals surface area contributed by atoms with Gasteiger partial charge in [0.2, 0.25) is 0 Å². The van der Waals surface area contributed by atoms with Crippen molar-refractivity contribution in [1.29, 1.82) is 0 Å². The van der Waals surface area contributed by atoms with Crippen LogP contribution in [0.15, 0.2) is 54.1 Å². The first-order valence-corrected chi connectivity index (χ1v) is 9.69. The van der Waals surface area contributed by atoms with Crippen LogP contribution in [-0.4, -0.2) is 25.5 Å². The molecule has 2 rings (SSSR count). The van der Waals surface area contributed by atoms with Crippen LogP contribution in [0.1, 0.15) is 61.0 Å². The summed E-state index contributed by atoms with van der Waals surface area (Å²) in [4.78, 5) is 24.6. The fourth-order valence-corrected chi connectivity index (χ4v) is 2.76. The van der Waals surface area contributed by atoms with Gasteiger partial charge in [-0.2, -0.15) is 0 Å². The van der Waals surface area contributed by atoms with Gasteiger partial charge in [-0.1, -0.05) is 50.5 Å². The van der Waals surface area contributed by atoms with Gasteiger partial charge in [-0.3, -0.25) is 4.79 Å². The van der Waals surface area contributed by atoms with Crippen LogP contribution in [0.3, 0.4) is 0 Å². The third-order valence-electron chi connectivity index (χ3n) is 4.46. The van der Waals surface area contributed by atoms with Crippen LogP contribution in [0.4, 0.5) is 0 Å². The second kappa shape index (κ2) is 11.1. The molecule has 0 aliphatic rings. The van der Waals surface area contributed by atoms with E-state index in [9.17, 15) is 9.59 Å². The van der Waals surface area contributed by atoms with Crippen LogP contribution in [0.2, 0.25) is 0 Å². The van der Waals surface area contributed by atoms with E-state index in [2.05, 4.69) is 6.92 Å². The lowest BCUT2D eigenvalue weighted by molar-refractivity contribution is -0.139. The molecular weight excluding hydrogens is 352 g/mol. The van der Waals surface area contributed by atoms with Crippen molar-refractivity contribution in [3.63, 3.8) is 0 Å². The summed E-state index contributed by atoms with van der Waals surface area (Å²) in [7, 11) is 1.59. The number of ketones is 1. The molecular formula is C24H28O4. The number of benzene rings is 2. The first kappa shape index (κ1) is 21.4. The lowest BCUT2D eigenvalue weighted by atomic mass is 10.0. The molecule has 28 heavy (non-hydrogen) atoms. The number of ether oxygens (including phenoxy) is 2. The van der Waals surface area contributed by atoms with Crippen molar-refractivity contribution in [3.8, 4) is 5.75 Å². The predicted octanol–water partition coefficient (Wildman–Crippen LogP) is 5.45. The molecule has 0 saturated heterocycles. The average Bonchev–Trinajstić information content (AvgIpc) is 2.73. The van der Waals surface area contributed by atoms with Crippen molar-refractivity contribution in [2.45, 2.75) is 39.5 Å². The monoisotopic (exact) mass is 380 g/mol. The normalized spacial score (nSPS) is 11.2. The molecule has 0 aromatic heterocycles. The molecule has 0 aliphatic heterocycles. The minimum atomic E-state index is -0.296. The number of carbonyl (C=O) groups excluding carboxylic acids is 2. The van der Waals surface area contributed by atoms with Crippen LogP contribution >= 0.6 is 0 Å². The Morgan fingerprint density at radius 3 is 2.07 bits per heavy atom. The molecule has 4 heteroatoms. The van der Waals surface area contributed by atoms with Gasteiger partial charge in [0.15, 0.2) is 5.78 Å². The van der Waals surface area contributed by atoms with Gasteiger partial charge in [0.25, 0.3) is 0 Å². The Labute approximate surface area is 167 Å². The second-order valence-corrected chi connectivity index (χ2v) is 6.70. The highest BCUT2D eigenvalue weighted by molar-refractivity contribution is 6.09. The Kier molecular flexibility index (Phi) is 8.47. The molecule has 0 heterocycles. The quantitative estimate of drug-likeness (QED) is 0.238. The van der Waals surface area contributed by atoms with Gasteiger partial charge in [0, 0.05) is 16.7 Å². The summed E-state index contributed by atoms with van der Waals surface area (Å²) in [6, 6.07) is 14.2. The summed E-state index contributed by atoms with van der Waals surface area (Å²) < 4.78 is 10.4. The standard InChI is InChI=1S/C24H28O4/c1-4-5-6-7-16-28-24(26)18(2)17-19-8-10-20(11-9-19)23(25)21-12-14-22(27-3)15-13-21/h8-15,17H,4-7,16H2,1-3H3/b18-17+. The van der Waals surface area contributed by atoms with Crippen molar-refractivity contribution in [3.05, 3.63) is 70.8 Å². The van der Waals surface area contributed by atoms with E-state index >= 15 is 0 Å². The molecule has 0 saturated carbocycles. The maximum absolute atomic E-state index is 12.6. The van der Waals surface area contributed by atoms with Gasteiger partial charge in [0.05, 0.1) is 13.7 Å². The third kappa shape index (κ3) is 6.38. The fourth-order valence-electron chi connectivity index (χ4n) is 2.76. The number of hydrogen-bond acceptors (Lipinski definition) is 4. The second-order valence-electron chi connectivity index (χ2n) is 6.70. The minimum absolute atomic E-state index is 0.0543. The molecule has 2 aromatic carbocycles. The molecule has 2 aromatic rings. The van der Waals surface area contributed by atoms with Crippen LogP contribution in [0, 0.1) is 0 Å². The number of esters is 1. The molecule has 0 N–H and O–H groups in total. The Bertz CT molecular complexity index is 802. The van der Waals surface area contributed by atoms with Crippen molar-refractivity contribution in [1.82, 2.24) is 0 Å². The van der Waals surface area contributed by atoms with Gasteiger partial charge in [-0.05, 0) is 49.2 Å². The number of rotatable bonds is 10. The van der Waals surface area contributed by atoms with E-state index in [1.807, 2.05) is 12.1 Å². The topological polar surface area (TPSA) is 52.6 Å². The molecule has 0 amide bonds. The lowest BCUT2D eigenvalue weighted by Gasteiger charge is -2.06. The Morgan fingerprint density at radius 2 is 1.50 bits per heavy atom. The molecule has 0 bridgehead atoms. The Balaban J connectivity index is 1.95. The molecule has 0 spiro atoms. The number of carbonyl (C=O) groups is 2. The van der Waals surface area contributed by atoms with Gasteiger partial charge in [0.1, 0.15) is 5.75 Å². The zero-order chi connectivity index (χ0) is 20.4. The van der Waals surface area contributed by atoms with Crippen LogP contribution in [0.25, 0.3) is 6.08 Å². The molecule has 4 nitrogen and oxygen atoms in total. The smallest absolute Gasteiger partial charge is 0.333 e. The highest BCUT2D eigenvalue weighted by Gasteiger charge is 2.10. The van der Waals surface area contributed by atoms with E-state index in [0.717, 1.165) is 31.2 Å². The maximum Gasteiger partial charge on any atom is 0.333 e. The highest BCUT2D eigenvalue weighted by atomic mass is 16.5. The number of methoxy groups -OCH3 is 1. The summed E-state index contributed by atoms with van der Waals surface area (Å²) >= 11 is 0. The largest absolute Gasteiger partial charge is 0.497 e. The van der Waals surface area contributed by atoms with Gasteiger partial charge in [-0.15, -0.1) is 0 Å². The van der Waals surface area contributed by atoms with Crippen LogP contribution in [0.5, 0.6) is 5.75 Å². The SMILES string of the molecule is CCCCCCOC(=O)/C(C)=C/c1ccc(C(=O)c2ccc(OC)cc2)cc1. The maximum atomic E-state index is 12.6. The molecule has 0 unspecified atom stereocenters. The first-order valence-electron chi connectivity index (χ1n) is 9.69. The van der Waals surface area contributed by atoms with Crippen LogP contribution in [-0.2, 0) is 9.53 Å². The molecule has 0 radical (unpaired) electrons. The molecule has 0 atom stereocenters. The zero-order valence-electron chi connectivity index (χ0n) is 16.9. The van der Waals surface area contributed by atoms with E-state index in [1.54, 1.807) is 56.5 Å². The summed E-state index contributed by atoms with van der Waals surface area (Å²) in [5, 5.41) is 0. The first-order chi connectivity index (χ1) is 13.5. The van der Waals surface area contributed by atoms with Crippen molar-refractivity contribution >= 4 is 17.8 Å². The van der Waals surface area contributed by atoms with E-state index in [0.29, 0.717) is 29.1 Å². The average molecular weight is 380 g/mol. The van der Waals surface area contributed by atoms with Gasteiger partial charge < -0.3 is 9.47 Å². The Morgan fingerprint density at radius 1 is 0.893 bits per heavy atom. The minimum Gasteiger partial charge on any atom is -0.497 e. The predicted molar refractivity (Wildman–Crippen MR) is 112 cm³/mol. The van der Waals surface area contributed by atoms with Crippen molar-refractivity contribution in [2.75, 3.05) is 13.7 Å². The van der Waals surface area contributed by atoms with E-state index in [1.165, 1.54) is 0 Å². The zero-order valence-corrected chi connectivity index (χ0v) is 16.9. The summed E-state index contributed by atoms with van der Waals surface area (Å²) in [6.45, 7) is 4.35. The summed E-state index contributed by atoms with van der Waals surface area (Å²) in [6.07, 6.45) is 6.07. The van der Waals surface area contributed by atoms with Crippen LogP contribution < -0.4 is 4.74 Å². The highest BCUT2D eigenvalue weighted by Crippen LogP contribution is 2.17. The van der Waals surface area contributed by atoms with E-state index in [4.69, 9.17) is 9.47 Å². The molecule has 0 fully saturated rings. The van der Waals surface area contributed by atoms with E-state index in [-0.39, 0.29) is 11.8 Å². The number of unbranched alkanes of at least 4 members (excludes halogenated alkanes) is 3. The molecule has 148 valence electrons. The Hall–Kier alpha value is -2.88. The summed E-state index contributed by atoms with van der Waals surface area (Å²) in [5.41, 5.74) is 2.60. The molecule has 0 aliphatic carbocycles. The van der Waals surface area contributed by atoms with E-state index < -0.39 is 0 Å². The fraction of sp³-hybridized carbons (Fsp3) is 0.333. The van der Waals surface area contributed by atoms with Crippen molar-refractivity contribution in [2.24, 2.45) is 0 Å². The van der Waals surface area contributed by atoms with Crippen molar-refractivity contribution < 1.29 is 19.1 Å². The van der Waals surface area contributed by atoms with Gasteiger partial charge >= 0.3 is 5.97 Å². The summed E-state index contributed by atoms with van der Waals surface area (Å²) in [5.74, 6) is 0.362. The van der Waals surface area contributed by atoms with Gasteiger partial charge in [-0.25, -0.2) is 4.79 Å². The lowest BCUT2D eigenvalue weighted by Crippen LogP contribution is -2.07. The third-order valence-corrected chi connectivity index (χ3v) is 4.46.